The number of hydrogen-bond acceptors (Lipinski definition) is 9. The van der Waals surface area contributed by atoms with Crippen molar-refractivity contribution >= 4 is 39.3 Å². The number of amides is 2. The maximum absolute atomic E-state index is 13.0. The Hall–Kier alpha value is -4.40. The zero-order valence-electron chi connectivity index (χ0n) is 25.2. The highest BCUT2D eigenvalue weighted by molar-refractivity contribution is 7.99. The van der Waals surface area contributed by atoms with E-state index in [0.29, 0.717) is 28.2 Å². The average molecular weight is 639 g/mol. The van der Waals surface area contributed by atoms with Crippen LogP contribution >= 0.6 is 11.8 Å². The first-order valence-electron chi connectivity index (χ1n) is 13.4. The van der Waals surface area contributed by atoms with Gasteiger partial charge in [0, 0.05) is 31.4 Å². The average Bonchev–Trinajstić information content (AvgIpc) is 3.42. The van der Waals surface area contributed by atoms with Gasteiger partial charge < -0.3 is 20.1 Å². The summed E-state index contributed by atoms with van der Waals surface area (Å²) in [5.41, 5.74) is 3.58. The molecule has 232 valence electrons. The number of hydrogen-bond donors (Lipinski definition) is 2. The van der Waals surface area contributed by atoms with Crippen molar-refractivity contribution in [3.63, 3.8) is 0 Å². The fourth-order valence-electron chi connectivity index (χ4n) is 4.16. The van der Waals surface area contributed by atoms with Gasteiger partial charge >= 0.3 is 0 Å². The molecule has 0 saturated heterocycles. The van der Waals surface area contributed by atoms with Crippen molar-refractivity contribution in [1.82, 2.24) is 24.4 Å². The van der Waals surface area contributed by atoms with E-state index in [0.717, 1.165) is 21.1 Å². The number of aryl methyl sites for hydroxylation is 2. The molecule has 4 rings (SSSR count). The van der Waals surface area contributed by atoms with E-state index in [4.69, 9.17) is 9.47 Å². The first-order valence-corrected chi connectivity index (χ1v) is 15.8. The molecule has 0 radical (unpaired) electrons. The van der Waals surface area contributed by atoms with E-state index in [-0.39, 0.29) is 28.7 Å². The van der Waals surface area contributed by atoms with E-state index in [1.807, 2.05) is 32.0 Å². The van der Waals surface area contributed by atoms with Crippen LogP contribution in [0.3, 0.4) is 0 Å². The van der Waals surface area contributed by atoms with Gasteiger partial charge in [0.15, 0.2) is 11.0 Å². The third-order valence-corrected chi connectivity index (χ3v) is 9.39. The molecule has 4 aromatic rings. The first kappa shape index (κ1) is 32.5. The van der Waals surface area contributed by atoms with Crippen LogP contribution in [0, 0.1) is 13.8 Å². The maximum Gasteiger partial charge on any atom is 0.251 e. The van der Waals surface area contributed by atoms with Crippen LogP contribution in [0.4, 0.5) is 5.69 Å². The molecule has 3 aromatic carbocycles. The minimum Gasteiger partial charge on any atom is -0.497 e. The van der Waals surface area contributed by atoms with Gasteiger partial charge in [-0.25, -0.2) is 12.7 Å². The Balaban J connectivity index is 1.57. The maximum atomic E-state index is 13.0. The highest BCUT2D eigenvalue weighted by Gasteiger charge is 2.21. The lowest BCUT2D eigenvalue weighted by Crippen LogP contribution is -2.25. The van der Waals surface area contributed by atoms with Crippen LogP contribution in [0.5, 0.6) is 11.5 Å². The fraction of sp³-hybridized carbons (Fsp3) is 0.267. The Morgan fingerprint density at radius 3 is 2.34 bits per heavy atom. The predicted molar refractivity (Wildman–Crippen MR) is 168 cm³/mol. The molecule has 44 heavy (non-hydrogen) atoms. The van der Waals surface area contributed by atoms with Crippen LogP contribution in [0.25, 0.3) is 5.69 Å². The van der Waals surface area contributed by atoms with Crippen molar-refractivity contribution in [3.8, 4) is 17.2 Å². The zero-order chi connectivity index (χ0) is 32.0. The fourth-order valence-corrected chi connectivity index (χ4v) is 5.82. The van der Waals surface area contributed by atoms with Crippen LogP contribution in [0.2, 0.25) is 0 Å². The number of nitrogens with zero attached hydrogens (tertiary/aromatic N) is 4. The zero-order valence-corrected chi connectivity index (χ0v) is 26.9. The van der Waals surface area contributed by atoms with E-state index in [1.165, 1.54) is 57.2 Å². The van der Waals surface area contributed by atoms with Gasteiger partial charge in [-0.05, 0) is 67.4 Å². The van der Waals surface area contributed by atoms with E-state index < -0.39 is 15.9 Å². The number of anilines is 1. The van der Waals surface area contributed by atoms with E-state index >= 15 is 0 Å². The Bertz CT molecular complexity index is 1770. The Morgan fingerprint density at radius 1 is 0.955 bits per heavy atom. The number of sulfonamides is 1. The molecule has 2 amide bonds. The van der Waals surface area contributed by atoms with E-state index in [2.05, 4.69) is 20.8 Å². The first-order chi connectivity index (χ1) is 20.9. The van der Waals surface area contributed by atoms with Gasteiger partial charge in [-0.3, -0.25) is 14.2 Å². The second-order valence-corrected chi connectivity index (χ2v) is 13.0. The highest BCUT2D eigenvalue weighted by Crippen LogP contribution is 2.32. The molecule has 0 aliphatic carbocycles. The minimum absolute atomic E-state index is 0.0198. The van der Waals surface area contributed by atoms with Crippen molar-refractivity contribution in [2.75, 3.05) is 39.4 Å². The third-order valence-electron chi connectivity index (χ3n) is 6.63. The number of rotatable bonds is 12. The molecule has 0 unspecified atom stereocenters. The number of ether oxygens (including phenoxy) is 2. The van der Waals surface area contributed by atoms with Gasteiger partial charge in [0.25, 0.3) is 5.91 Å². The lowest BCUT2D eigenvalue weighted by molar-refractivity contribution is -0.113. The number of benzene rings is 3. The number of thioether (sulfide) groups is 1. The summed E-state index contributed by atoms with van der Waals surface area (Å²) in [5, 5.41) is 14.8. The number of carbonyl (C=O) groups is 2. The molecule has 0 bridgehead atoms. The molecular formula is C30H34N6O6S2. The molecular weight excluding hydrogens is 605 g/mol. The highest BCUT2D eigenvalue weighted by atomic mass is 32.2. The van der Waals surface area contributed by atoms with Crippen molar-refractivity contribution in [1.29, 1.82) is 0 Å². The molecule has 0 aliphatic rings. The molecule has 1 aromatic heterocycles. The summed E-state index contributed by atoms with van der Waals surface area (Å²) in [6, 6.07) is 16.7. The number of aromatic nitrogens is 3. The summed E-state index contributed by atoms with van der Waals surface area (Å²) < 4.78 is 38.5. The van der Waals surface area contributed by atoms with Crippen LogP contribution in [0.15, 0.2) is 70.7 Å². The number of nitrogens with one attached hydrogen (secondary N) is 2. The molecule has 0 spiro atoms. The van der Waals surface area contributed by atoms with Gasteiger partial charge in [0.05, 0.1) is 37.1 Å². The molecule has 1 heterocycles. The quantitative estimate of drug-likeness (QED) is 0.221. The van der Waals surface area contributed by atoms with Gasteiger partial charge in [0.1, 0.15) is 11.5 Å². The summed E-state index contributed by atoms with van der Waals surface area (Å²) in [6.07, 6.45) is 0. The molecule has 2 N–H and O–H groups in total. The Kier molecular flexibility index (Phi) is 10.3. The van der Waals surface area contributed by atoms with Gasteiger partial charge in [-0.15, -0.1) is 10.2 Å². The van der Waals surface area contributed by atoms with Crippen molar-refractivity contribution < 1.29 is 27.5 Å². The summed E-state index contributed by atoms with van der Waals surface area (Å²) in [4.78, 5) is 25.9. The van der Waals surface area contributed by atoms with Crippen molar-refractivity contribution in [2.45, 2.75) is 30.4 Å². The predicted octanol–water partition coefficient (Wildman–Crippen LogP) is 3.81. The number of carbonyl (C=O) groups excluding carboxylic acids is 2. The van der Waals surface area contributed by atoms with Gasteiger partial charge in [-0.2, -0.15) is 0 Å². The van der Waals surface area contributed by atoms with Crippen LogP contribution in [-0.4, -0.2) is 73.4 Å². The normalized spacial score (nSPS) is 11.3. The van der Waals surface area contributed by atoms with Crippen LogP contribution in [-0.2, 0) is 21.4 Å². The summed E-state index contributed by atoms with van der Waals surface area (Å²) in [7, 11) is 2.32. The molecule has 14 heteroatoms. The van der Waals surface area contributed by atoms with E-state index in [1.54, 1.807) is 29.9 Å². The lowest BCUT2D eigenvalue weighted by atomic mass is 10.1. The van der Waals surface area contributed by atoms with Crippen LogP contribution < -0.4 is 20.1 Å². The molecule has 0 aliphatic heterocycles. The summed E-state index contributed by atoms with van der Waals surface area (Å²) in [5.74, 6) is 0.836. The van der Waals surface area contributed by atoms with Gasteiger partial charge in [0.2, 0.25) is 15.9 Å². The summed E-state index contributed by atoms with van der Waals surface area (Å²) in [6.45, 7) is 3.86. The topological polar surface area (TPSA) is 145 Å². The minimum atomic E-state index is -3.63. The second-order valence-electron chi connectivity index (χ2n) is 9.92. The standard InChI is InChI=1S/C30H34N6O6S2/c1-19-7-8-20(2)24(15-19)32-28(37)18-43-30-34-33-27(36(30)25-14-11-22(41-5)16-26(25)42-6)17-31-29(38)21-9-12-23(13-10-21)44(39,40)35(3)4/h7-16H,17-18H2,1-6H3,(H,31,38)(H,32,37). The Labute approximate surface area is 260 Å². The Morgan fingerprint density at radius 2 is 1.68 bits per heavy atom. The van der Waals surface area contributed by atoms with Gasteiger partial charge in [-0.1, -0.05) is 23.9 Å². The molecule has 0 atom stereocenters. The summed E-state index contributed by atoms with van der Waals surface area (Å²) >= 11 is 1.18. The SMILES string of the molecule is COc1ccc(-n2c(CNC(=O)c3ccc(S(=O)(=O)N(C)C)cc3)nnc2SCC(=O)Nc2cc(C)ccc2C)c(OC)c1. The largest absolute Gasteiger partial charge is 0.497 e. The third kappa shape index (κ3) is 7.38. The van der Waals surface area contributed by atoms with Crippen molar-refractivity contribution in [2.24, 2.45) is 0 Å². The molecule has 0 fully saturated rings. The van der Waals surface area contributed by atoms with Crippen molar-refractivity contribution in [3.05, 3.63) is 83.2 Å². The second kappa shape index (κ2) is 13.9. The molecule has 12 nitrogen and oxygen atoms in total. The molecule has 0 saturated carbocycles. The van der Waals surface area contributed by atoms with E-state index in [9.17, 15) is 18.0 Å². The van der Waals surface area contributed by atoms with Crippen LogP contribution in [0.1, 0.15) is 27.3 Å². The monoisotopic (exact) mass is 638 g/mol. The lowest BCUT2D eigenvalue weighted by Gasteiger charge is -2.15. The number of methoxy groups -OCH3 is 2. The smallest absolute Gasteiger partial charge is 0.251 e.